The molecule has 0 spiro atoms. The van der Waals surface area contributed by atoms with Gasteiger partial charge in [0, 0.05) is 127 Å². The van der Waals surface area contributed by atoms with Crippen molar-refractivity contribution < 1.29 is 50.6 Å². The van der Waals surface area contributed by atoms with E-state index in [1.807, 2.05) is 48.5 Å². The summed E-state index contributed by atoms with van der Waals surface area (Å²) in [6, 6.07) is 48.6. The summed E-state index contributed by atoms with van der Waals surface area (Å²) < 4.78 is 0. The number of nitrogens with zero attached hydrogens (tertiary/aromatic N) is 8. The summed E-state index contributed by atoms with van der Waals surface area (Å²) in [7, 11) is 0. The van der Waals surface area contributed by atoms with E-state index in [2.05, 4.69) is 137 Å². The molecule has 304 valence electrons. The predicted octanol–water partition coefficient (Wildman–Crippen LogP) is 8.65. The molecule has 13 heteroatoms. The minimum absolute atomic E-state index is 0. The molecule has 8 aromatic heterocycles. The van der Waals surface area contributed by atoms with Crippen molar-refractivity contribution in [2.75, 3.05) is 0 Å². The van der Waals surface area contributed by atoms with Gasteiger partial charge in [0.25, 0.3) is 0 Å². The third-order valence-electron chi connectivity index (χ3n) is 9.38. The fourth-order valence-electron chi connectivity index (χ4n) is 6.72. The number of pyridine rings is 8. The molecule has 0 unspecified atom stereocenters. The van der Waals surface area contributed by atoms with Crippen LogP contribution in [0.5, 0.6) is 0 Å². The Morgan fingerprint density at radius 3 is 0.410 bits per heavy atom. The van der Waals surface area contributed by atoms with Crippen LogP contribution in [0.15, 0.2) is 195 Å². The van der Waals surface area contributed by atoms with Crippen LogP contribution in [0.3, 0.4) is 0 Å². The Morgan fingerprint density at radius 1 is 0.180 bits per heavy atom. The summed E-state index contributed by atoms with van der Waals surface area (Å²) in [6.07, 6.45) is 14.4. The van der Waals surface area contributed by atoms with E-state index < -0.39 is 0 Å². The standard InChI is InChI=1S/4C12H8N2.2Fe.3H2O/c4*1-3-9-5-6-10-4-2-8-14-12(10)11(9)13-7-1;;;;;/h4*1-8H;;;3*1H2. The molecule has 11 nitrogen and oxygen atoms in total. The Labute approximate surface area is 370 Å². The summed E-state index contributed by atoms with van der Waals surface area (Å²) in [4.78, 5) is 34.8. The Balaban J connectivity index is 0.000000174. The van der Waals surface area contributed by atoms with E-state index in [4.69, 9.17) is 0 Å². The zero-order valence-electron chi connectivity index (χ0n) is 32.3. The Bertz CT molecular complexity index is 2660. The molecule has 0 saturated heterocycles. The summed E-state index contributed by atoms with van der Waals surface area (Å²) in [5.41, 5.74) is 7.82. The summed E-state index contributed by atoms with van der Waals surface area (Å²) in [5.74, 6) is 0. The van der Waals surface area contributed by atoms with Crippen LogP contribution in [0, 0.1) is 0 Å². The third-order valence-corrected chi connectivity index (χ3v) is 9.38. The van der Waals surface area contributed by atoms with Gasteiger partial charge >= 0.3 is 0 Å². The van der Waals surface area contributed by atoms with E-state index in [0.717, 1.165) is 87.2 Å². The maximum Gasteiger partial charge on any atom is 0.0964 e. The zero-order valence-corrected chi connectivity index (χ0v) is 34.5. The van der Waals surface area contributed by atoms with Crippen molar-refractivity contribution in [2.45, 2.75) is 0 Å². The number of aromatic nitrogens is 8. The van der Waals surface area contributed by atoms with Crippen molar-refractivity contribution in [1.29, 1.82) is 0 Å². The normalized spacial score (nSPS) is 9.97. The molecule has 6 N–H and O–H groups in total. The molecule has 8 heterocycles. The number of hydrogen-bond acceptors (Lipinski definition) is 8. The number of benzene rings is 4. The molecule has 0 aliphatic rings. The molecule has 0 aliphatic carbocycles. The molecular weight excluding hydrogens is 848 g/mol. The van der Waals surface area contributed by atoms with E-state index in [-0.39, 0.29) is 50.6 Å². The van der Waals surface area contributed by atoms with Crippen LogP contribution in [0.2, 0.25) is 0 Å². The largest absolute Gasteiger partial charge is 0.412 e. The SMILES string of the molecule is O.O.O.[Fe].[Fe].c1cnc2c(c1)ccc1cccnc12.c1cnc2c(c1)ccc1cccnc12.c1cnc2c(c1)ccc1cccnc12.c1cnc2c(c1)ccc1cccnc12. The van der Waals surface area contributed by atoms with Crippen LogP contribution in [0.4, 0.5) is 0 Å². The molecule has 12 rings (SSSR count). The van der Waals surface area contributed by atoms with Gasteiger partial charge < -0.3 is 16.4 Å². The smallest absolute Gasteiger partial charge is 0.0964 e. The topological polar surface area (TPSA) is 198 Å². The van der Waals surface area contributed by atoms with E-state index in [9.17, 15) is 0 Å². The van der Waals surface area contributed by atoms with Gasteiger partial charge in [0.2, 0.25) is 0 Å². The molecule has 0 saturated carbocycles. The Morgan fingerprint density at radius 2 is 0.295 bits per heavy atom. The van der Waals surface area contributed by atoms with Crippen molar-refractivity contribution in [1.82, 2.24) is 39.9 Å². The second kappa shape index (κ2) is 21.9. The van der Waals surface area contributed by atoms with E-state index in [1.54, 1.807) is 49.6 Å². The summed E-state index contributed by atoms with van der Waals surface area (Å²) in [6.45, 7) is 0. The molecule has 4 aromatic carbocycles. The van der Waals surface area contributed by atoms with Gasteiger partial charge in [-0.05, 0) is 48.5 Å². The maximum atomic E-state index is 4.35. The Hall–Kier alpha value is -6.92. The molecule has 0 bridgehead atoms. The fraction of sp³-hybridized carbons (Fsp3) is 0. The van der Waals surface area contributed by atoms with Crippen LogP contribution < -0.4 is 0 Å². The van der Waals surface area contributed by atoms with Gasteiger partial charge in [-0.15, -0.1) is 0 Å². The molecule has 0 amide bonds. The number of fused-ring (bicyclic) bond motifs is 12. The minimum atomic E-state index is 0. The van der Waals surface area contributed by atoms with Crippen molar-refractivity contribution >= 4 is 87.2 Å². The second-order valence-corrected chi connectivity index (χ2v) is 12.9. The average molecular weight is 887 g/mol. The minimum Gasteiger partial charge on any atom is -0.412 e. The van der Waals surface area contributed by atoms with Gasteiger partial charge in [-0.1, -0.05) is 97.1 Å². The van der Waals surface area contributed by atoms with Gasteiger partial charge in [0.1, 0.15) is 0 Å². The van der Waals surface area contributed by atoms with Crippen LogP contribution in [0.1, 0.15) is 0 Å². The van der Waals surface area contributed by atoms with Gasteiger partial charge in [-0.25, -0.2) is 0 Å². The van der Waals surface area contributed by atoms with Crippen molar-refractivity contribution in [3.05, 3.63) is 195 Å². The van der Waals surface area contributed by atoms with Gasteiger partial charge in [-0.3, -0.25) is 39.9 Å². The summed E-state index contributed by atoms with van der Waals surface area (Å²) >= 11 is 0. The zero-order chi connectivity index (χ0) is 37.5. The van der Waals surface area contributed by atoms with Crippen molar-refractivity contribution in [2.24, 2.45) is 0 Å². The van der Waals surface area contributed by atoms with Gasteiger partial charge in [0.15, 0.2) is 0 Å². The third kappa shape index (κ3) is 10.1. The molecule has 0 radical (unpaired) electrons. The first-order valence-corrected chi connectivity index (χ1v) is 18.1. The molecular formula is C48H38Fe2N8O3. The van der Waals surface area contributed by atoms with Crippen molar-refractivity contribution in [3.63, 3.8) is 0 Å². The van der Waals surface area contributed by atoms with Crippen molar-refractivity contribution in [3.8, 4) is 0 Å². The van der Waals surface area contributed by atoms with Gasteiger partial charge in [0.05, 0.1) is 44.1 Å². The predicted molar refractivity (Wildman–Crippen MR) is 239 cm³/mol. The van der Waals surface area contributed by atoms with Crippen LogP contribution in [-0.2, 0) is 34.1 Å². The quantitative estimate of drug-likeness (QED) is 0.106. The molecule has 12 aromatic rings. The van der Waals surface area contributed by atoms with Gasteiger partial charge in [-0.2, -0.15) is 0 Å². The molecule has 0 atom stereocenters. The monoisotopic (exact) mass is 886 g/mol. The Kier molecular flexibility index (Phi) is 16.8. The molecule has 0 fully saturated rings. The van der Waals surface area contributed by atoms with E-state index >= 15 is 0 Å². The summed E-state index contributed by atoms with van der Waals surface area (Å²) in [5, 5.41) is 9.10. The second-order valence-electron chi connectivity index (χ2n) is 12.9. The molecule has 0 aliphatic heterocycles. The first-order valence-electron chi connectivity index (χ1n) is 18.1. The maximum absolute atomic E-state index is 4.35. The first kappa shape index (κ1) is 46.8. The number of hydrogen-bond donors (Lipinski definition) is 0. The first-order chi connectivity index (χ1) is 27.8. The fourth-order valence-corrected chi connectivity index (χ4v) is 6.72. The average Bonchev–Trinajstić information content (AvgIpc) is 3.29. The molecule has 61 heavy (non-hydrogen) atoms. The van der Waals surface area contributed by atoms with E-state index in [0.29, 0.717) is 0 Å². The van der Waals surface area contributed by atoms with Crippen LogP contribution >= 0.6 is 0 Å². The number of rotatable bonds is 0. The van der Waals surface area contributed by atoms with E-state index in [1.165, 1.54) is 0 Å². The van der Waals surface area contributed by atoms with Crippen LogP contribution in [-0.4, -0.2) is 56.3 Å². The van der Waals surface area contributed by atoms with Crippen LogP contribution in [0.25, 0.3) is 87.2 Å².